The van der Waals surface area contributed by atoms with Crippen molar-refractivity contribution in [3.63, 3.8) is 0 Å². The number of hydrogen-bond acceptors (Lipinski definition) is 4. The van der Waals surface area contributed by atoms with E-state index in [9.17, 15) is 0 Å². The zero-order valence-electron chi connectivity index (χ0n) is 8.13. The molecule has 4 nitrogen and oxygen atoms in total. The van der Waals surface area contributed by atoms with Gasteiger partial charge in [0.1, 0.15) is 5.75 Å². The van der Waals surface area contributed by atoms with E-state index < -0.39 is 0 Å². The highest BCUT2D eigenvalue weighted by Gasteiger charge is 2.04. The van der Waals surface area contributed by atoms with Gasteiger partial charge in [0.25, 0.3) is 0 Å². The Morgan fingerprint density at radius 2 is 1.93 bits per heavy atom. The molecule has 0 radical (unpaired) electrons. The highest BCUT2D eigenvalue weighted by molar-refractivity contribution is 5.30. The molecule has 2 rings (SSSR count). The van der Waals surface area contributed by atoms with E-state index >= 15 is 0 Å². The maximum Gasteiger partial charge on any atom is 0.243 e. The summed E-state index contributed by atoms with van der Waals surface area (Å²) in [4.78, 5) is 0. The van der Waals surface area contributed by atoms with Gasteiger partial charge in [0.15, 0.2) is 0 Å². The number of rotatable bonds is 3. The maximum absolute atomic E-state index is 5.56. The average molecular weight is 201 g/mol. The van der Waals surface area contributed by atoms with Crippen LogP contribution in [-0.4, -0.2) is 10.2 Å². The molecule has 1 heterocycles. The summed E-state index contributed by atoms with van der Waals surface area (Å²) in [6.07, 6.45) is 1.60. The summed E-state index contributed by atoms with van der Waals surface area (Å²) in [5, 5.41) is 7.65. The molecular weight excluding hydrogens is 190 g/mol. The summed E-state index contributed by atoms with van der Waals surface area (Å²) >= 11 is 0. The lowest BCUT2D eigenvalue weighted by molar-refractivity contribution is 0.448. The Hall–Kier alpha value is -1.94. The molecule has 0 aliphatic heterocycles. The average Bonchev–Trinajstić information content (AvgIpc) is 2.31. The molecule has 0 saturated heterocycles. The largest absolute Gasteiger partial charge is 0.437 e. The first-order valence-electron chi connectivity index (χ1n) is 4.63. The summed E-state index contributed by atoms with van der Waals surface area (Å²) in [6, 6.07) is 11.2. The Labute approximate surface area is 87.7 Å². The van der Waals surface area contributed by atoms with E-state index in [1.54, 1.807) is 12.3 Å². The molecule has 2 aromatic rings. The molecule has 1 aromatic carbocycles. The third-order valence-electron chi connectivity index (χ3n) is 1.94. The molecule has 4 heteroatoms. The second-order valence-corrected chi connectivity index (χ2v) is 2.98. The van der Waals surface area contributed by atoms with Gasteiger partial charge in [-0.05, 0) is 18.2 Å². The summed E-state index contributed by atoms with van der Waals surface area (Å²) in [6.45, 7) is 0.387. The standard InChI is InChI=1S/C11H11N3O/c12-8-9-6-7-13-14-11(9)15-10-4-2-1-3-5-10/h1-7H,8,12H2. The predicted molar refractivity (Wildman–Crippen MR) is 56.4 cm³/mol. The second-order valence-electron chi connectivity index (χ2n) is 2.98. The zero-order valence-corrected chi connectivity index (χ0v) is 8.13. The van der Waals surface area contributed by atoms with E-state index in [-0.39, 0.29) is 0 Å². The van der Waals surface area contributed by atoms with Gasteiger partial charge in [0, 0.05) is 12.1 Å². The number of ether oxygens (including phenoxy) is 1. The van der Waals surface area contributed by atoms with Crippen molar-refractivity contribution < 1.29 is 4.74 Å². The van der Waals surface area contributed by atoms with Crippen LogP contribution in [0.4, 0.5) is 0 Å². The van der Waals surface area contributed by atoms with Gasteiger partial charge < -0.3 is 10.5 Å². The summed E-state index contributed by atoms with van der Waals surface area (Å²) in [5.41, 5.74) is 6.40. The van der Waals surface area contributed by atoms with Crippen LogP contribution in [0.3, 0.4) is 0 Å². The molecule has 0 spiro atoms. The molecule has 0 fully saturated rings. The van der Waals surface area contributed by atoms with E-state index in [4.69, 9.17) is 10.5 Å². The summed E-state index contributed by atoms with van der Waals surface area (Å²) in [7, 11) is 0. The van der Waals surface area contributed by atoms with E-state index in [0.29, 0.717) is 12.4 Å². The second kappa shape index (κ2) is 4.52. The van der Waals surface area contributed by atoms with Gasteiger partial charge in [0.2, 0.25) is 5.88 Å². The molecule has 0 saturated carbocycles. The van der Waals surface area contributed by atoms with Gasteiger partial charge in [-0.15, -0.1) is 5.10 Å². The fraction of sp³-hybridized carbons (Fsp3) is 0.0909. The van der Waals surface area contributed by atoms with Crippen LogP contribution in [0.5, 0.6) is 11.6 Å². The van der Waals surface area contributed by atoms with Crippen LogP contribution >= 0.6 is 0 Å². The SMILES string of the molecule is NCc1ccnnc1Oc1ccccc1. The fourth-order valence-electron chi connectivity index (χ4n) is 1.19. The molecular formula is C11H11N3O. The first-order chi connectivity index (χ1) is 7.40. The highest BCUT2D eigenvalue weighted by atomic mass is 16.5. The first kappa shape index (κ1) is 9.61. The summed E-state index contributed by atoms with van der Waals surface area (Å²) in [5.74, 6) is 1.19. The Morgan fingerprint density at radius 3 is 2.67 bits per heavy atom. The Morgan fingerprint density at radius 1 is 1.13 bits per heavy atom. The lowest BCUT2D eigenvalue weighted by Gasteiger charge is -2.06. The first-order valence-corrected chi connectivity index (χ1v) is 4.63. The molecule has 2 N–H and O–H groups in total. The Balaban J connectivity index is 2.24. The van der Waals surface area contributed by atoms with Crippen molar-refractivity contribution in [2.75, 3.05) is 0 Å². The van der Waals surface area contributed by atoms with Crippen molar-refractivity contribution in [1.29, 1.82) is 0 Å². The van der Waals surface area contributed by atoms with Crippen LogP contribution < -0.4 is 10.5 Å². The van der Waals surface area contributed by atoms with Crippen LogP contribution in [0.2, 0.25) is 0 Å². The van der Waals surface area contributed by atoms with E-state index in [1.807, 2.05) is 30.3 Å². The number of nitrogens with zero attached hydrogens (tertiary/aromatic N) is 2. The lowest BCUT2D eigenvalue weighted by atomic mass is 10.3. The zero-order chi connectivity index (χ0) is 10.5. The number of benzene rings is 1. The van der Waals surface area contributed by atoms with Crippen LogP contribution in [0.1, 0.15) is 5.56 Å². The Kier molecular flexibility index (Phi) is 2.90. The number of hydrogen-bond donors (Lipinski definition) is 1. The molecule has 0 unspecified atom stereocenters. The van der Waals surface area contributed by atoms with Gasteiger partial charge in [-0.25, -0.2) is 0 Å². The van der Waals surface area contributed by atoms with Crippen LogP contribution in [-0.2, 0) is 6.54 Å². The molecule has 0 amide bonds. The van der Waals surface area contributed by atoms with Gasteiger partial charge in [-0.2, -0.15) is 5.10 Å². The van der Waals surface area contributed by atoms with Crippen molar-refractivity contribution in [1.82, 2.24) is 10.2 Å². The fourth-order valence-corrected chi connectivity index (χ4v) is 1.19. The molecule has 1 aromatic heterocycles. The minimum atomic E-state index is 0.387. The van der Waals surface area contributed by atoms with Crippen LogP contribution in [0.25, 0.3) is 0 Å². The Bertz CT molecular complexity index is 431. The number of nitrogens with two attached hydrogens (primary N) is 1. The molecule has 0 atom stereocenters. The maximum atomic E-state index is 5.56. The van der Waals surface area contributed by atoms with Gasteiger partial charge in [-0.1, -0.05) is 18.2 Å². The smallest absolute Gasteiger partial charge is 0.243 e. The van der Waals surface area contributed by atoms with Crippen molar-refractivity contribution >= 4 is 0 Å². The van der Waals surface area contributed by atoms with Crippen LogP contribution in [0, 0.1) is 0 Å². The minimum absolute atomic E-state index is 0.387. The monoisotopic (exact) mass is 201 g/mol. The molecule has 0 bridgehead atoms. The van der Waals surface area contributed by atoms with Crippen molar-refractivity contribution in [2.24, 2.45) is 5.73 Å². The highest BCUT2D eigenvalue weighted by Crippen LogP contribution is 2.20. The van der Waals surface area contributed by atoms with Gasteiger partial charge in [-0.3, -0.25) is 0 Å². The summed E-state index contributed by atoms with van der Waals surface area (Å²) < 4.78 is 5.55. The number of aromatic nitrogens is 2. The number of para-hydroxylation sites is 1. The third kappa shape index (κ3) is 2.30. The topological polar surface area (TPSA) is 61.0 Å². The quantitative estimate of drug-likeness (QED) is 0.821. The van der Waals surface area contributed by atoms with Gasteiger partial charge >= 0.3 is 0 Å². The normalized spacial score (nSPS) is 9.93. The van der Waals surface area contributed by atoms with Gasteiger partial charge in [0.05, 0.1) is 6.20 Å². The van der Waals surface area contributed by atoms with Crippen molar-refractivity contribution in [3.05, 3.63) is 48.2 Å². The molecule has 15 heavy (non-hydrogen) atoms. The van der Waals surface area contributed by atoms with Crippen molar-refractivity contribution in [2.45, 2.75) is 6.54 Å². The molecule has 0 aliphatic rings. The van der Waals surface area contributed by atoms with E-state index in [1.165, 1.54) is 0 Å². The minimum Gasteiger partial charge on any atom is -0.437 e. The van der Waals surface area contributed by atoms with E-state index in [0.717, 1.165) is 11.3 Å². The molecule has 76 valence electrons. The van der Waals surface area contributed by atoms with Crippen LogP contribution in [0.15, 0.2) is 42.6 Å². The lowest BCUT2D eigenvalue weighted by Crippen LogP contribution is -2.01. The van der Waals surface area contributed by atoms with Crippen molar-refractivity contribution in [3.8, 4) is 11.6 Å². The van der Waals surface area contributed by atoms with E-state index in [2.05, 4.69) is 10.2 Å². The predicted octanol–water partition coefficient (Wildman–Crippen LogP) is 1.73. The molecule has 0 aliphatic carbocycles. The third-order valence-corrected chi connectivity index (χ3v) is 1.94.